The van der Waals surface area contributed by atoms with Gasteiger partial charge >= 0.3 is 5.97 Å². The number of hydrogen-bond donors (Lipinski definition) is 2. The normalized spacial score (nSPS) is 21.0. The van der Waals surface area contributed by atoms with E-state index in [0.717, 1.165) is 5.56 Å². The van der Waals surface area contributed by atoms with Crippen LogP contribution in [0.5, 0.6) is 0 Å². The second kappa shape index (κ2) is 8.31. The predicted octanol–water partition coefficient (Wildman–Crippen LogP) is 1.61. The average Bonchev–Trinajstić information content (AvgIpc) is 2.99. The van der Waals surface area contributed by atoms with Crippen LogP contribution in [0.25, 0.3) is 0 Å². The first-order valence-electron chi connectivity index (χ1n) is 7.89. The number of carboxylic acids is 1. The van der Waals surface area contributed by atoms with Gasteiger partial charge in [-0.2, -0.15) is 0 Å². The van der Waals surface area contributed by atoms with Crippen molar-refractivity contribution < 1.29 is 24.2 Å². The van der Waals surface area contributed by atoms with E-state index in [9.17, 15) is 19.5 Å². The van der Waals surface area contributed by atoms with Crippen molar-refractivity contribution in [1.29, 1.82) is 0 Å². The minimum Gasteiger partial charge on any atom is -0.480 e. The van der Waals surface area contributed by atoms with Gasteiger partial charge in [0, 0.05) is 32.0 Å². The summed E-state index contributed by atoms with van der Waals surface area (Å²) >= 11 is 5.88. The molecule has 0 bridgehead atoms. The Bertz CT molecular complexity index is 649. The van der Waals surface area contributed by atoms with Crippen molar-refractivity contribution in [3.8, 4) is 0 Å². The molecule has 1 heterocycles. The number of likely N-dealkylation sites (tertiary alicyclic amines) is 1. The van der Waals surface area contributed by atoms with Gasteiger partial charge in [-0.1, -0.05) is 23.7 Å². The predicted molar refractivity (Wildman–Crippen MR) is 91.2 cm³/mol. The van der Waals surface area contributed by atoms with Gasteiger partial charge in [-0.25, -0.2) is 4.79 Å². The number of carbonyl (C=O) groups is 3. The van der Waals surface area contributed by atoms with E-state index in [1.807, 2.05) is 0 Å². The molecule has 7 nitrogen and oxygen atoms in total. The van der Waals surface area contributed by atoms with Gasteiger partial charge in [-0.05, 0) is 17.7 Å². The van der Waals surface area contributed by atoms with E-state index in [2.05, 4.69) is 5.32 Å². The Labute approximate surface area is 150 Å². The minimum atomic E-state index is -1.06. The van der Waals surface area contributed by atoms with Crippen molar-refractivity contribution in [2.24, 2.45) is 0 Å². The smallest absolute Gasteiger partial charge is 0.326 e. The van der Waals surface area contributed by atoms with E-state index in [-0.39, 0.29) is 37.3 Å². The average molecular weight is 369 g/mol. The third-order valence-corrected chi connectivity index (χ3v) is 4.48. The van der Waals surface area contributed by atoms with E-state index < -0.39 is 18.1 Å². The first-order chi connectivity index (χ1) is 11.8. The van der Waals surface area contributed by atoms with Crippen LogP contribution in [-0.4, -0.2) is 53.6 Å². The molecule has 1 saturated heterocycles. The molecule has 3 unspecified atom stereocenters. The van der Waals surface area contributed by atoms with Crippen molar-refractivity contribution in [3.63, 3.8) is 0 Å². The minimum absolute atomic E-state index is 0.0403. The SMILES string of the molecule is COC1CC(C(=O)O)N(C(=O)CC(NC(C)=O)c2ccc(Cl)cc2)C1. The molecule has 1 aromatic carbocycles. The van der Waals surface area contributed by atoms with Crippen LogP contribution in [0, 0.1) is 0 Å². The third-order valence-electron chi connectivity index (χ3n) is 4.23. The summed E-state index contributed by atoms with van der Waals surface area (Å²) in [5.74, 6) is -1.69. The van der Waals surface area contributed by atoms with Gasteiger partial charge < -0.3 is 20.1 Å². The number of hydrogen-bond acceptors (Lipinski definition) is 4. The molecular weight excluding hydrogens is 348 g/mol. The van der Waals surface area contributed by atoms with Crippen LogP contribution in [0.3, 0.4) is 0 Å². The number of nitrogens with one attached hydrogen (secondary N) is 1. The van der Waals surface area contributed by atoms with Gasteiger partial charge in [0.15, 0.2) is 0 Å². The lowest BCUT2D eigenvalue weighted by Crippen LogP contribution is -2.42. The van der Waals surface area contributed by atoms with E-state index in [1.165, 1.54) is 18.9 Å². The highest BCUT2D eigenvalue weighted by Crippen LogP contribution is 2.25. The summed E-state index contributed by atoms with van der Waals surface area (Å²) in [5, 5.41) is 12.6. The molecule has 0 saturated carbocycles. The second-order valence-corrected chi connectivity index (χ2v) is 6.44. The zero-order valence-corrected chi connectivity index (χ0v) is 14.8. The fourth-order valence-corrected chi connectivity index (χ4v) is 3.09. The monoisotopic (exact) mass is 368 g/mol. The number of ether oxygens (including phenoxy) is 1. The number of halogens is 1. The van der Waals surface area contributed by atoms with Crippen LogP contribution in [0.1, 0.15) is 31.4 Å². The molecule has 2 N–H and O–H groups in total. The topological polar surface area (TPSA) is 95.9 Å². The van der Waals surface area contributed by atoms with Crippen LogP contribution in [0.2, 0.25) is 5.02 Å². The summed E-state index contributed by atoms with van der Waals surface area (Å²) in [5.41, 5.74) is 0.724. The molecule has 136 valence electrons. The molecule has 1 fully saturated rings. The number of benzene rings is 1. The lowest BCUT2D eigenvalue weighted by molar-refractivity contribution is -0.148. The zero-order valence-electron chi connectivity index (χ0n) is 14.1. The summed E-state index contributed by atoms with van der Waals surface area (Å²) in [6.45, 7) is 1.59. The molecule has 0 aromatic heterocycles. The number of rotatable bonds is 6. The molecule has 0 spiro atoms. The number of nitrogens with zero attached hydrogens (tertiary/aromatic N) is 1. The largest absolute Gasteiger partial charge is 0.480 e. The number of aliphatic carboxylic acids is 1. The van der Waals surface area contributed by atoms with Gasteiger partial charge in [-0.3, -0.25) is 9.59 Å². The molecule has 8 heteroatoms. The standard InChI is InChI=1S/C17H21ClN2O5/c1-10(21)19-14(11-3-5-12(18)6-4-11)8-16(22)20-9-13(25-2)7-15(20)17(23)24/h3-6,13-15H,7-9H2,1-2H3,(H,19,21)(H,23,24). The van der Waals surface area contributed by atoms with Crippen molar-refractivity contribution >= 4 is 29.4 Å². The summed E-state index contributed by atoms with van der Waals surface area (Å²) in [6, 6.07) is 5.33. The first-order valence-corrected chi connectivity index (χ1v) is 8.27. The molecule has 1 aliphatic rings. The van der Waals surface area contributed by atoms with E-state index >= 15 is 0 Å². The molecule has 1 aliphatic heterocycles. The second-order valence-electron chi connectivity index (χ2n) is 6.00. The van der Waals surface area contributed by atoms with Crippen molar-refractivity contribution in [2.45, 2.75) is 38.0 Å². The molecule has 1 aromatic rings. The Morgan fingerprint density at radius 3 is 2.52 bits per heavy atom. The zero-order chi connectivity index (χ0) is 18.6. The van der Waals surface area contributed by atoms with E-state index in [0.29, 0.717) is 5.02 Å². The number of methoxy groups -OCH3 is 1. The first kappa shape index (κ1) is 19.2. The maximum Gasteiger partial charge on any atom is 0.326 e. The number of carbonyl (C=O) groups excluding carboxylic acids is 2. The van der Waals surface area contributed by atoms with Gasteiger partial charge in [0.25, 0.3) is 0 Å². The maximum atomic E-state index is 12.7. The highest BCUT2D eigenvalue weighted by atomic mass is 35.5. The molecule has 0 aliphatic carbocycles. The number of carboxylic acid groups (broad SMARTS) is 1. The quantitative estimate of drug-likeness (QED) is 0.795. The summed E-state index contributed by atoms with van der Waals surface area (Å²) < 4.78 is 5.20. The molecular formula is C17H21ClN2O5. The van der Waals surface area contributed by atoms with Gasteiger partial charge in [0.1, 0.15) is 6.04 Å². The molecule has 2 amide bonds. The number of amides is 2. The molecule has 0 radical (unpaired) electrons. The Hall–Kier alpha value is -2.12. The summed E-state index contributed by atoms with van der Waals surface area (Å²) in [4.78, 5) is 36.9. The van der Waals surface area contributed by atoms with Crippen molar-refractivity contribution in [3.05, 3.63) is 34.9 Å². The van der Waals surface area contributed by atoms with Crippen molar-refractivity contribution in [1.82, 2.24) is 10.2 Å². The van der Waals surface area contributed by atoms with E-state index in [4.69, 9.17) is 16.3 Å². The Morgan fingerprint density at radius 2 is 2.00 bits per heavy atom. The fourth-order valence-electron chi connectivity index (χ4n) is 2.96. The highest BCUT2D eigenvalue weighted by molar-refractivity contribution is 6.30. The van der Waals surface area contributed by atoms with Crippen molar-refractivity contribution in [2.75, 3.05) is 13.7 Å². The van der Waals surface area contributed by atoms with Crippen LogP contribution in [0.4, 0.5) is 0 Å². The lowest BCUT2D eigenvalue weighted by atomic mass is 10.0. The van der Waals surface area contributed by atoms with Gasteiger partial charge in [0.2, 0.25) is 11.8 Å². The Balaban J connectivity index is 2.16. The molecule has 2 rings (SSSR count). The van der Waals surface area contributed by atoms with Gasteiger partial charge in [-0.15, -0.1) is 0 Å². The highest BCUT2D eigenvalue weighted by Gasteiger charge is 2.40. The Morgan fingerprint density at radius 1 is 1.36 bits per heavy atom. The van der Waals surface area contributed by atoms with E-state index in [1.54, 1.807) is 24.3 Å². The van der Waals surface area contributed by atoms with Crippen LogP contribution in [0.15, 0.2) is 24.3 Å². The fraction of sp³-hybridized carbons (Fsp3) is 0.471. The third kappa shape index (κ3) is 4.93. The van der Waals surface area contributed by atoms with Crippen LogP contribution < -0.4 is 5.32 Å². The maximum absolute atomic E-state index is 12.7. The molecule has 3 atom stereocenters. The van der Waals surface area contributed by atoms with Crippen LogP contribution >= 0.6 is 11.6 Å². The Kier molecular flexibility index (Phi) is 6.39. The molecule has 25 heavy (non-hydrogen) atoms. The summed E-state index contributed by atoms with van der Waals surface area (Å²) in [7, 11) is 1.49. The van der Waals surface area contributed by atoms with Gasteiger partial charge in [0.05, 0.1) is 18.6 Å². The lowest BCUT2D eigenvalue weighted by Gasteiger charge is -2.25. The summed E-state index contributed by atoms with van der Waals surface area (Å²) in [6.07, 6.45) is -0.0927. The van der Waals surface area contributed by atoms with Crippen LogP contribution in [-0.2, 0) is 19.1 Å².